The molecule has 7 heteroatoms. The zero-order valence-corrected chi connectivity index (χ0v) is 12.2. The second-order valence-electron chi connectivity index (χ2n) is 5.07. The third-order valence-corrected chi connectivity index (χ3v) is 4.39. The summed E-state index contributed by atoms with van der Waals surface area (Å²) in [6.07, 6.45) is 7.94. The normalized spacial score (nSPS) is 18.4. The molecule has 0 unspecified atom stereocenters. The zero-order valence-electron chi connectivity index (χ0n) is 11.4. The Balaban J connectivity index is 1.52. The van der Waals surface area contributed by atoms with Gasteiger partial charge in [0.2, 0.25) is 0 Å². The van der Waals surface area contributed by atoms with Gasteiger partial charge < -0.3 is 10.1 Å². The van der Waals surface area contributed by atoms with E-state index in [4.69, 9.17) is 4.74 Å². The fourth-order valence-corrected chi connectivity index (χ4v) is 3.28. The van der Waals surface area contributed by atoms with Crippen molar-refractivity contribution in [1.82, 2.24) is 19.7 Å². The number of fused-ring (bicyclic) bond motifs is 1. The van der Waals surface area contributed by atoms with E-state index in [1.54, 1.807) is 17.7 Å². The standard InChI is InChI=1S/C14H15N5OS/c1-2-11(20-4-1)8-19-7-10(6-17-19)18-13-12-3-5-21-14(12)16-9-15-13/h3,5-7,9,11H,1-2,4,8H2,(H,15,16,18)/t11-/m0/s1. The first-order valence-electron chi connectivity index (χ1n) is 6.98. The summed E-state index contributed by atoms with van der Waals surface area (Å²) < 4.78 is 7.55. The van der Waals surface area contributed by atoms with Crippen molar-refractivity contribution in [3.8, 4) is 0 Å². The van der Waals surface area contributed by atoms with Crippen LogP contribution >= 0.6 is 11.3 Å². The Morgan fingerprint density at radius 2 is 2.43 bits per heavy atom. The van der Waals surface area contributed by atoms with Crippen molar-refractivity contribution >= 4 is 33.1 Å². The van der Waals surface area contributed by atoms with Crippen LogP contribution in [0.25, 0.3) is 10.2 Å². The molecule has 108 valence electrons. The Labute approximate surface area is 125 Å². The van der Waals surface area contributed by atoms with Crippen LogP contribution in [0.2, 0.25) is 0 Å². The van der Waals surface area contributed by atoms with E-state index in [1.165, 1.54) is 0 Å². The molecular weight excluding hydrogens is 286 g/mol. The number of rotatable bonds is 4. The minimum Gasteiger partial charge on any atom is -0.376 e. The van der Waals surface area contributed by atoms with Crippen molar-refractivity contribution in [2.24, 2.45) is 0 Å². The number of hydrogen-bond acceptors (Lipinski definition) is 6. The first-order valence-corrected chi connectivity index (χ1v) is 7.86. The van der Waals surface area contributed by atoms with Crippen LogP contribution in [0, 0.1) is 0 Å². The minimum absolute atomic E-state index is 0.292. The van der Waals surface area contributed by atoms with Crippen LogP contribution in [0.1, 0.15) is 12.8 Å². The highest BCUT2D eigenvalue weighted by Gasteiger charge is 2.16. The Morgan fingerprint density at radius 3 is 3.33 bits per heavy atom. The van der Waals surface area contributed by atoms with Crippen LogP contribution in [-0.4, -0.2) is 32.5 Å². The van der Waals surface area contributed by atoms with Crippen LogP contribution in [0.5, 0.6) is 0 Å². The van der Waals surface area contributed by atoms with Crippen molar-refractivity contribution in [2.75, 3.05) is 11.9 Å². The van der Waals surface area contributed by atoms with Crippen LogP contribution in [0.3, 0.4) is 0 Å². The van der Waals surface area contributed by atoms with Gasteiger partial charge in [0.15, 0.2) is 0 Å². The second-order valence-corrected chi connectivity index (χ2v) is 5.97. The summed E-state index contributed by atoms with van der Waals surface area (Å²) in [5, 5.41) is 10.7. The van der Waals surface area contributed by atoms with E-state index in [0.717, 1.165) is 47.7 Å². The van der Waals surface area contributed by atoms with Gasteiger partial charge in [0, 0.05) is 12.8 Å². The molecule has 0 spiro atoms. The third-order valence-electron chi connectivity index (χ3n) is 3.57. The first kappa shape index (κ1) is 12.7. The number of hydrogen-bond donors (Lipinski definition) is 1. The molecule has 0 radical (unpaired) electrons. The van der Waals surface area contributed by atoms with Crippen LogP contribution < -0.4 is 5.32 Å². The van der Waals surface area contributed by atoms with E-state index in [2.05, 4.69) is 20.4 Å². The second kappa shape index (κ2) is 5.42. The van der Waals surface area contributed by atoms with E-state index >= 15 is 0 Å². The molecule has 21 heavy (non-hydrogen) atoms. The number of nitrogens with one attached hydrogen (secondary N) is 1. The fourth-order valence-electron chi connectivity index (χ4n) is 2.55. The molecule has 0 aliphatic carbocycles. The monoisotopic (exact) mass is 301 g/mol. The molecule has 0 aromatic carbocycles. The number of nitrogens with zero attached hydrogens (tertiary/aromatic N) is 4. The largest absolute Gasteiger partial charge is 0.376 e. The van der Waals surface area contributed by atoms with Gasteiger partial charge >= 0.3 is 0 Å². The molecule has 1 fully saturated rings. The van der Waals surface area contributed by atoms with Gasteiger partial charge in [0.1, 0.15) is 17.0 Å². The number of thiophene rings is 1. The lowest BCUT2D eigenvalue weighted by atomic mass is 10.2. The third kappa shape index (κ3) is 2.62. The minimum atomic E-state index is 0.292. The van der Waals surface area contributed by atoms with E-state index in [-0.39, 0.29) is 0 Å². The highest BCUT2D eigenvalue weighted by molar-refractivity contribution is 7.16. The number of anilines is 2. The highest BCUT2D eigenvalue weighted by atomic mass is 32.1. The average Bonchev–Trinajstić information content (AvgIpc) is 3.21. The molecule has 0 saturated carbocycles. The predicted octanol–water partition coefficient (Wildman–Crippen LogP) is 2.81. The lowest BCUT2D eigenvalue weighted by molar-refractivity contribution is 0.0940. The maximum atomic E-state index is 5.63. The van der Waals surface area contributed by atoms with Gasteiger partial charge in [-0.05, 0) is 24.3 Å². The summed E-state index contributed by atoms with van der Waals surface area (Å²) in [5.74, 6) is 0.818. The highest BCUT2D eigenvalue weighted by Crippen LogP contribution is 2.26. The molecule has 1 saturated heterocycles. The SMILES string of the molecule is c1nc(Nc2cnn(C[C@@H]3CCCO3)c2)c2ccsc2n1. The molecule has 1 aliphatic heterocycles. The summed E-state index contributed by atoms with van der Waals surface area (Å²) in [4.78, 5) is 9.54. The van der Waals surface area contributed by atoms with Gasteiger partial charge in [-0.3, -0.25) is 4.68 Å². The maximum Gasteiger partial charge on any atom is 0.142 e. The quantitative estimate of drug-likeness (QED) is 0.802. The molecule has 4 heterocycles. The molecule has 0 amide bonds. The zero-order chi connectivity index (χ0) is 14.1. The summed E-state index contributed by atoms with van der Waals surface area (Å²) >= 11 is 1.61. The van der Waals surface area contributed by atoms with Crippen LogP contribution in [0.4, 0.5) is 11.5 Å². The van der Waals surface area contributed by atoms with Gasteiger partial charge in [-0.25, -0.2) is 9.97 Å². The van der Waals surface area contributed by atoms with Crippen molar-refractivity contribution in [1.29, 1.82) is 0 Å². The van der Waals surface area contributed by atoms with Gasteiger partial charge in [-0.1, -0.05) is 0 Å². The molecule has 3 aromatic rings. The van der Waals surface area contributed by atoms with Crippen molar-refractivity contribution in [3.63, 3.8) is 0 Å². The summed E-state index contributed by atoms with van der Waals surface area (Å²) in [5.41, 5.74) is 0.930. The van der Waals surface area contributed by atoms with Gasteiger partial charge in [0.25, 0.3) is 0 Å². The number of ether oxygens (including phenoxy) is 1. The summed E-state index contributed by atoms with van der Waals surface area (Å²) in [7, 11) is 0. The van der Waals surface area contributed by atoms with E-state index < -0.39 is 0 Å². The number of aromatic nitrogens is 4. The van der Waals surface area contributed by atoms with Gasteiger partial charge in [-0.15, -0.1) is 11.3 Å². The summed E-state index contributed by atoms with van der Waals surface area (Å²) in [6.45, 7) is 1.67. The van der Waals surface area contributed by atoms with E-state index in [9.17, 15) is 0 Å². The molecule has 6 nitrogen and oxygen atoms in total. The Bertz CT molecular complexity index is 747. The van der Waals surface area contributed by atoms with Crippen LogP contribution in [-0.2, 0) is 11.3 Å². The lowest BCUT2D eigenvalue weighted by Gasteiger charge is -2.08. The van der Waals surface area contributed by atoms with E-state index in [1.807, 2.05) is 28.5 Å². The first-order chi connectivity index (χ1) is 10.4. The molecule has 1 atom stereocenters. The Kier molecular flexibility index (Phi) is 3.28. The Hall–Kier alpha value is -1.99. The molecule has 4 rings (SSSR count). The van der Waals surface area contributed by atoms with E-state index in [0.29, 0.717) is 6.10 Å². The molecular formula is C14H15N5OS. The lowest BCUT2D eigenvalue weighted by Crippen LogP contribution is -2.15. The molecule has 0 bridgehead atoms. The molecule has 3 aromatic heterocycles. The fraction of sp³-hybridized carbons (Fsp3) is 0.357. The topological polar surface area (TPSA) is 64.9 Å². The molecule has 1 aliphatic rings. The van der Waals surface area contributed by atoms with Crippen molar-refractivity contribution < 1.29 is 4.74 Å². The predicted molar refractivity (Wildman–Crippen MR) is 81.9 cm³/mol. The Morgan fingerprint density at radius 1 is 1.43 bits per heavy atom. The average molecular weight is 301 g/mol. The van der Waals surface area contributed by atoms with Crippen molar-refractivity contribution in [3.05, 3.63) is 30.2 Å². The summed E-state index contributed by atoms with van der Waals surface area (Å²) in [6, 6.07) is 2.03. The maximum absolute atomic E-state index is 5.63. The van der Waals surface area contributed by atoms with Gasteiger partial charge in [0.05, 0.1) is 29.9 Å². The molecule has 1 N–H and O–H groups in total. The smallest absolute Gasteiger partial charge is 0.142 e. The van der Waals surface area contributed by atoms with Crippen molar-refractivity contribution in [2.45, 2.75) is 25.5 Å². The van der Waals surface area contributed by atoms with Crippen LogP contribution in [0.15, 0.2) is 30.2 Å². The van der Waals surface area contributed by atoms with Gasteiger partial charge in [-0.2, -0.15) is 5.10 Å².